The molecule has 0 amide bonds. The van der Waals surface area contributed by atoms with Crippen LogP contribution in [0.5, 0.6) is 0 Å². The molecular formula is C16H15FeN. The summed E-state index contributed by atoms with van der Waals surface area (Å²) < 4.78 is 0.897. The average Bonchev–Trinajstić information content (AvgIpc) is 3.32. The predicted octanol–water partition coefficient (Wildman–Crippen LogP) is 4.06. The van der Waals surface area contributed by atoms with Gasteiger partial charge in [0.1, 0.15) is 0 Å². The third-order valence-corrected chi connectivity index (χ3v) is 58.4. The molecule has 18 heavy (non-hydrogen) atoms. The molecular weight excluding hydrogens is 262 g/mol. The molecule has 4 unspecified atom stereocenters. The molecule has 1 nitrogen and oxygen atoms in total. The van der Waals surface area contributed by atoms with E-state index >= 15 is 0 Å². The van der Waals surface area contributed by atoms with E-state index in [1.165, 1.54) is 43.3 Å². The van der Waals surface area contributed by atoms with Gasteiger partial charge in [0, 0.05) is 0 Å². The maximum absolute atomic E-state index is 6.12. The minimum atomic E-state index is -2.90. The quantitative estimate of drug-likeness (QED) is 0.608. The summed E-state index contributed by atoms with van der Waals surface area (Å²) in [6.07, 6.45) is 0. The van der Waals surface area contributed by atoms with Gasteiger partial charge in [-0.25, -0.2) is 0 Å². The van der Waals surface area contributed by atoms with E-state index < -0.39 is 6.51 Å². The summed E-state index contributed by atoms with van der Waals surface area (Å²) in [6.45, 7) is -2.90. The first-order valence-electron chi connectivity index (χ1n) is 7.62. The van der Waals surface area contributed by atoms with Crippen LogP contribution in [0.15, 0.2) is 24.3 Å². The number of benzene rings is 1. The van der Waals surface area contributed by atoms with Crippen LogP contribution in [-0.2, 0) is 10.8 Å². The molecule has 4 atom stereocenters. The van der Waals surface area contributed by atoms with Crippen LogP contribution >= 0.6 is 0 Å². The Labute approximate surface area is 95.4 Å². The van der Waals surface area contributed by atoms with Gasteiger partial charge in [-0.3, -0.25) is 0 Å². The third kappa shape index (κ3) is 0.0629. The van der Waals surface area contributed by atoms with Crippen molar-refractivity contribution in [1.29, 1.82) is 0 Å². The zero-order valence-electron chi connectivity index (χ0n) is 9.94. The van der Waals surface area contributed by atoms with Crippen molar-refractivity contribution in [3.05, 3.63) is 29.8 Å². The first-order valence-corrected chi connectivity index (χ1v) is 13.9. The fourth-order valence-corrected chi connectivity index (χ4v) is 92.0. The molecule has 0 bridgehead atoms. The van der Waals surface area contributed by atoms with Crippen molar-refractivity contribution in [2.45, 2.75) is 47.7 Å². The van der Waals surface area contributed by atoms with Gasteiger partial charge in [-0.2, -0.15) is 0 Å². The van der Waals surface area contributed by atoms with Crippen LogP contribution < -0.4 is 5.73 Å². The fraction of sp³-hybridized carbons (Fsp3) is 0.625. The molecule has 1 aromatic carbocycles. The predicted molar refractivity (Wildman–Crippen MR) is 66.3 cm³/mol. The summed E-state index contributed by atoms with van der Waals surface area (Å²) in [5.41, 5.74) is 8.92. The SMILES string of the molecule is Nc1cccc([C]23[CH]4[CH]5[CH]6[CH]2[Fe]56432789[CH]3[CH]2[CH]7[CH]8[CH]39)c1. The Morgan fingerprint density at radius 3 is 1.89 bits per heavy atom. The van der Waals surface area contributed by atoms with Gasteiger partial charge in [0.25, 0.3) is 0 Å². The van der Waals surface area contributed by atoms with Gasteiger partial charge in [-0.05, 0) is 0 Å². The number of anilines is 1. The van der Waals surface area contributed by atoms with Crippen molar-refractivity contribution in [3.8, 4) is 0 Å². The molecule has 2 N–H and O–H groups in total. The van der Waals surface area contributed by atoms with Crippen LogP contribution in [0.1, 0.15) is 5.56 Å². The second-order valence-corrected chi connectivity index (χ2v) is 34.9. The topological polar surface area (TPSA) is 26.0 Å². The normalized spacial score (nSPS) is 113. The summed E-state index contributed by atoms with van der Waals surface area (Å²) >= 11 is 0. The van der Waals surface area contributed by atoms with Crippen LogP contribution in [0, 0.1) is 0 Å². The van der Waals surface area contributed by atoms with Gasteiger partial charge < -0.3 is 0 Å². The van der Waals surface area contributed by atoms with E-state index in [0.29, 0.717) is 0 Å². The molecule has 10 saturated heterocycles. The first kappa shape index (κ1) is 6.33. The van der Waals surface area contributed by atoms with Crippen LogP contribution in [-0.4, -0.2) is 0 Å². The molecule has 92 valence electrons. The molecule has 0 aliphatic carbocycles. The molecule has 0 radical (unpaired) electrons. The van der Waals surface area contributed by atoms with E-state index in [4.69, 9.17) is 5.73 Å². The third-order valence-electron chi connectivity index (χ3n) is 16.0. The number of hydrogen-bond donors (Lipinski definition) is 1. The first-order chi connectivity index (χ1) is 8.54. The summed E-state index contributed by atoms with van der Waals surface area (Å²) in [5, 5.41) is 0. The summed E-state index contributed by atoms with van der Waals surface area (Å²) in [7, 11) is 0. The fourth-order valence-electron chi connectivity index (χ4n) is 17.8. The van der Waals surface area contributed by atoms with Crippen molar-refractivity contribution in [3.63, 3.8) is 0 Å². The Kier molecular flexibility index (Phi) is 0.183. The van der Waals surface area contributed by atoms with Gasteiger partial charge in [0.2, 0.25) is 0 Å². The van der Waals surface area contributed by atoms with Gasteiger partial charge in [-0.1, -0.05) is 0 Å². The molecule has 2 heteroatoms. The van der Waals surface area contributed by atoms with Crippen molar-refractivity contribution in [2.24, 2.45) is 0 Å². The van der Waals surface area contributed by atoms with Gasteiger partial charge in [0.15, 0.2) is 0 Å². The minimum absolute atomic E-state index is 0.897. The maximum atomic E-state index is 6.12. The Hall–Kier alpha value is -0.461. The van der Waals surface area contributed by atoms with E-state index in [1.807, 2.05) is 0 Å². The molecule has 10 aliphatic rings. The molecule has 1 aromatic rings. The summed E-state index contributed by atoms with van der Waals surface area (Å²) in [4.78, 5) is 12.7. The Balaban J connectivity index is 1.58. The molecule has 10 fully saturated rings. The van der Waals surface area contributed by atoms with E-state index in [9.17, 15) is 0 Å². The van der Waals surface area contributed by atoms with Gasteiger partial charge >= 0.3 is 95.4 Å². The van der Waals surface area contributed by atoms with E-state index in [1.54, 1.807) is 5.56 Å². The Morgan fingerprint density at radius 1 is 0.889 bits per heavy atom. The van der Waals surface area contributed by atoms with Crippen molar-refractivity contribution in [1.82, 2.24) is 0 Å². The van der Waals surface area contributed by atoms with Crippen LogP contribution in [0.2, 0.25) is 43.3 Å². The van der Waals surface area contributed by atoms with Crippen LogP contribution in [0.3, 0.4) is 0 Å². The molecule has 11 rings (SSSR count). The van der Waals surface area contributed by atoms with E-state index in [2.05, 4.69) is 24.3 Å². The molecule has 10 heterocycles. The zero-order valence-corrected chi connectivity index (χ0v) is 11.0. The number of hydrogen-bond acceptors (Lipinski definition) is 1. The second-order valence-electron chi connectivity index (χ2n) is 11.3. The molecule has 10 aliphatic heterocycles. The summed E-state index contributed by atoms with van der Waals surface area (Å²) in [6, 6.07) is 9.23. The summed E-state index contributed by atoms with van der Waals surface area (Å²) in [5.74, 6) is 0. The van der Waals surface area contributed by atoms with Gasteiger partial charge in [-0.15, -0.1) is 0 Å². The van der Waals surface area contributed by atoms with Crippen molar-refractivity contribution in [2.75, 3.05) is 5.73 Å². The molecule has 0 saturated carbocycles. The van der Waals surface area contributed by atoms with Crippen LogP contribution in [0.25, 0.3) is 0 Å². The number of rotatable bonds is 1. The Morgan fingerprint density at radius 2 is 1.50 bits per heavy atom. The second kappa shape index (κ2) is 0.521. The average molecular weight is 277 g/mol. The number of nitrogens with two attached hydrogens (primary N) is 1. The van der Waals surface area contributed by atoms with Crippen LogP contribution in [0.4, 0.5) is 5.69 Å². The van der Waals surface area contributed by atoms with E-state index in [-0.39, 0.29) is 0 Å². The Bertz CT molecular complexity index is 1080. The standard InChI is InChI=1S/C11H10N.C5H5.Fe/c12-11-7-3-6-10(8-11)9-4-1-2-5-9;1-2-4-5-3-1;/h1-8H,12H2;1-5H;. The zero-order chi connectivity index (χ0) is 11.0. The number of fused-ring (bicyclic) bond motifs is 10. The van der Waals surface area contributed by atoms with Crippen molar-refractivity contribution < 1.29 is 6.51 Å². The number of nitrogen functional groups attached to an aromatic ring is 1. The monoisotopic (exact) mass is 277 g/mol. The van der Waals surface area contributed by atoms with Crippen molar-refractivity contribution >= 4 is 5.69 Å². The molecule has 1 spiro atoms. The van der Waals surface area contributed by atoms with E-state index in [0.717, 1.165) is 10.0 Å². The van der Waals surface area contributed by atoms with Gasteiger partial charge in [0.05, 0.1) is 0 Å². The molecule has 0 aromatic heterocycles.